The van der Waals surface area contributed by atoms with Crippen molar-refractivity contribution in [1.29, 1.82) is 0 Å². The third-order valence-electron chi connectivity index (χ3n) is 3.50. The highest BCUT2D eigenvalue weighted by atomic mass is 32.2. The van der Waals surface area contributed by atoms with Gasteiger partial charge in [-0.15, -0.1) is 0 Å². The predicted octanol–water partition coefficient (Wildman–Crippen LogP) is 1.63. The molecule has 0 amide bonds. The van der Waals surface area contributed by atoms with Crippen molar-refractivity contribution in [3.05, 3.63) is 47.5 Å². The van der Waals surface area contributed by atoms with Crippen molar-refractivity contribution in [3.63, 3.8) is 0 Å². The Kier molecular flexibility index (Phi) is 3.38. The average molecular weight is 319 g/mol. The SMILES string of the molecule is NS(=O)(=O)c1cc(-c2cccc(C(=O)O)c2)cc2c1OCC2. The van der Waals surface area contributed by atoms with Gasteiger partial charge in [-0.05, 0) is 41.0 Å². The highest BCUT2D eigenvalue weighted by Gasteiger charge is 2.24. The number of rotatable bonds is 3. The minimum absolute atomic E-state index is 0.0711. The smallest absolute Gasteiger partial charge is 0.335 e. The second-order valence-electron chi connectivity index (χ2n) is 4.99. The van der Waals surface area contributed by atoms with Gasteiger partial charge in [-0.2, -0.15) is 0 Å². The number of nitrogens with two attached hydrogens (primary N) is 1. The predicted molar refractivity (Wildman–Crippen MR) is 79.4 cm³/mol. The molecule has 22 heavy (non-hydrogen) atoms. The molecule has 0 spiro atoms. The number of fused-ring (bicyclic) bond motifs is 1. The van der Waals surface area contributed by atoms with E-state index in [0.717, 1.165) is 5.56 Å². The molecule has 0 atom stereocenters. The number of primary sulfonamides is 1. The first kappa shape index (κ1) is 14.6. The molecular weight excluding hydrogens is 306 g/mol. The molecule has 3 rings (SSSR count). The Morgan fingerprint density at radius 1 is 1.18 bits per heavy atom. The maximum Gasteiger partial charge on any atom is 0.335 e. The second-order valence-corrected chi connectivity index (χ2v) is 6.52. The molecular formula is C15H13NO5S. The first-order valence-corrected chi connectivity index (χ1v) is 8.07. The molecule has 1 aliphatic rings. The van der Waals surface area contributed by atoms with Gasteiger partial charge in [-0.1, -0.05) is 12.1 Å². The molecule has 0 aromatic heterocycles. The first-order chi connectivity index (χ1) is 10.4. The Balaban J connectivity index is 2.21. The number of ether oxygens (including phenoxy) is 1. The van der Waals surface area contributed by atoms with E-state index < -0.39 is 16.0 Å². The van der Waals surface area contributed by atoms with Crippen molar-refractivity contribution in [2.75, 3.05) is 6.61 Å². The normalized spacial score (nSPS) is 13.5. The van der Waals surface area contributed by atoms with Crippen LogP contribution >= 0.6 is 0 Å². The topological polar surface area (TPSA) is 107 Å². The maximum absolute atomic E-state index is 11.8. The molecule has 0 saturated carbocycles. The van der Waals surface area contributed by atoms with Gasteiger partial charge in [-0.25, -0.2) is 18.4 Å². The van der Waals surface area contributed by atoms with Gasteiger partial charge in [0.15, 0.2) is 0 Å². The van der Waals surface area contributed by atoms with Crippen molar-refractivity contribution in [2.45, 2.75) is 11.3 Å². The van der Waals surface area contributed by atoms with Crippen LogP contribution in [0.4, 0.5) is 0 Å². The zero-order chi connectivity index (χ0) is 15.9. The number of hydrogen-bond donors (Lipinski definition) is 2. The summed E-state index contributed by atoms with van der Waals surface area (Å²) in [7, 11) is -3.93. The number of carbonyl (C=O) groups is 1. The van der Waals surface area contributed by atoms with Crippen LogP contribution in [0.5, 0.6) is 5.75 Å². The molecule has 0 unspecified atom stereocenters. The van der Waals surface area contributed by atoms with Crippen LogP contribution in [0.1, 0.15) is 15.9 Å². The molecule has 114 valence electrons. The number of sulfonamides is 1. The van der Waals surface area contributed by atoms with Crippen LogP contribution in [-0.4, -0.2) is 26.1 Å². The Morgan fingerprint density at radius 2 is 1.95 bits per heavy atom. The summed E-state index contributed by atoms with van der Waals surface area (Å²) in [5.41, 5.74) is 2.09. The second kappa shape index (κ2) is 5.11. The first-order valence-electron chi connectivity index (χ1n) is 6.52. The monoisotopic (exact) mass is 319 g/mol. The molecule has 0 radical (unpaired) electrons. The lowest BCUT2D eigenvalue weighted by Crippen LogP contribution is -2.13. The Labute approximate surface area is 127 Å². The molecule has 0 saturated heterocycles. The molecule has 2 aromatic rings. The van der Waals surface area contributed by atoms with Gasteiger partial charge in [0, 0.05) is 6.42 Å². The van der Waals surface area contributed by atoms with Crippen LogP contribution < -0.4 is 9.88 Å². The molecule has 2 aromatic carbocycles. The van der Waals surface area contributed by atoms with Gasteiger partial charge in [0.05, 0.1) is 12.2 Å². The van der Waals surface area contributed by atoms with Gasteiger partial charge in [-0.3, -0.25) is 0 Å². The molecule has 6 nitrogen and oxygen atoms in total. The molecule has 0 aliphatic carbocycles. The third-order valence-corrected chi connectivity index (χ3v) is 4.42. The van der Waals surface area contributed by atoms with Crippen molar-refractivity contribution in [3.8, 4) is 16.9 Å². The lowest BCUT2D eigenvalue weighted by Gasteiger charge is -2.10. The molecule has 1 aliphatic heterocycles. The van der Waals surface area contributed by atoms with E-state index in [2.05, 4.69) is 0 Å². The molecule has 3 N–H and O–H groups in total. The number of carboxylic acids is 1. The maximum atomic E-state index is 11.8. The summed E-state index contributed by atoms with van der Waals surface area (Å²) in [6.45, 7) is 0.399. The van der Waals surface area contributed by atoms with Crippen molar-refractivity contribution < 1.29 is 23.1 Å². The van der Waals surface area contributed by atoms with E-state index in [9.17, 15) is 13.2 Å². The van der Waals surface area contributed by atoms with E-state index in [4.69, 9.17) is 15.0 Å². The minimum Gasteiger partial charge on any atom is -0.492 e. The summed E-state index contributed by atoms with van der Waals surface area (Å²) < 4.78 is 28.9. The largest absolute Gasteiger partial charge is 0.492 e. The van der Waals surface area contributed by atoms with E-state index in [1.807, 2.05) is 0 Å². The number of carboxylic acid groups (broad SMARTS) is 1. The molecule has 1 heterocycles. The summed E-state index contributed by atoms with van der Waals surface area (Å²) in [4.78, 5) is 11.0. The highest BCUT2D eigenvalue weighted by molar-refractivity contribution is 7.89. The van der Waals surface area contributed by atoms with E-state index in [1.54, 1.807) is 18.2 Å². The fourth-order valence-corrected chi connectivity index (χ4v) is 3.22. The zero-order valence-electron chi connectivity index (χ0n) is 11.4. The van der Waals surface area contributed by atoms with E-state index in [1.165, 1.54) is 18.2 Å². The van der Waals surface area contributed by atoms with Gasteiger partial charge in [0.25, 0.3) is 0 Å². The van der Waals surface area contributed by atoms with E-state index in [-0.39, 0.29) is 10.5 Å². The Morgan fingerprint density at radius 3 is 2.64 bits per heavy atom. The Bertz CT molecular complexity index is 873. The number of aromatic carboxylic acids is 1. The van der Waals surface area contributed by atoms with Gasteiger partial charge in [0.2, 0.25) is 10.0 Å². The summed E-state index contributed by atoms with van der Waals surface area (Å²) in [6.07, 6.45) is 0.588. The summed E-state index contributed by atoms with van der Waals surface area (Å²) >= 11 is 0. The van der Waals surface area contributed by atoms with E-state index in [0.29, 0.717) is 29.9 Å². The van der Waals surface area contributed by atoms with Crippen LogP contribution in [0.15, 0.2) is 41.3 Å². The average Bonchev–Trinajstić information content (AvgIpc) is 2.93. The van der Waals surface area contributed by atoms with Crippen molar-refractivity contribution in [2.24, 2.45) is 5.14 Å². The van der Waals surface area contributed by atoms with Crippen molar-refractivity contribution in [1.82, 2.24) is 0 Å². The van der Waals surface area contributed by atoms with Crippen LogP contribution in [0.3, 0.4) is 0 Å². The van der Waals surface area contributed by atoms with E-state index >= 15 is 0 Å². The number of benzene rings is 2. The lowest BCUT2D eigenvalue weighted by atomic mass is 10.00. The fourth-order valence-electron chi connectivity index (χ4n) is 2.48. The summed E-state index contributed by atoms with van der Waals surface area (Å²) in [6, 6.07) is 9.52. The minimum atomic E-state index is -3.93. The third kappa shape index (κ3) is 2.56. The molecule has 0 bridgehead atoms. The Hall–Kier alpha value is -2.38. The summed E-state index contributed by atoms with van der Waals surface area (Å²) in [5.74, 6) is -0.751. The summed E-state index contributed by atoms with van der Waals surface area (Å²) in [5, 5.41) is 14.3. The van der Waals surface area contributed by atoms with Gasteiger partial charge >= 0.3 is 5.97 Å². The quantitative estimate of drug-likeness (QED) is 0.894. The molecule has 0 fully saturated rings. The molecule has 7 heteroatoms. The van der Waals surface area contributed by atoms with Crippen molar-refractivity contribution >= 4 is 16.0 Å². The standard InChI is InChI=1S/C15H13NO5S/c16-22(19,20)13-8-12(7-10-4-5-21-14(10)13)9-2-1-3-11(6-9)15(17)18/h1-3,6-8H,4-5H2,(H,17,18)(H2,16,19,20). The van der Waals surface area contributed by atoms with Crippen LogP contribution in [0.25, 0.3) is 11.1 Å². The zero-order valence-corrected chi connectivity index (χ0v) is 12.3. The van der Waals surface area contributed by atoms with Crippen LogP contribution in [-0.2, 0) is 16.4 Å². The van der Waals surface area contributed by atoms with Crippen LogP contribution in [0.2, 0.25) is 0 Å². The fraction of sp³-hybridized carbons (Fsp3) is 0.133. The lowest BCUT2D eigenvalue weighted by molar-refractivity contribution is 0.0697. The van der Waals surface area contributed by atoms with Crippen LogP contribution in [0, 0.1) is 0 Å². The number of hydrogen-bond acceptors (Lipinski definition) is 4. The highest BCUT2D eigenvalue weighted by Crippen LogP contribution is 2.36. The van der Waals surface area contributed by atoms with Gasteiger partial charge in [0.1, 0.15) is 10.6 Å². The van der Waals surface area contributed by atoms with Gasteiger partial charge < -0.3 is 9.84 Å².